The lowest BCUT2D eigenvalue weighted by molar-refractivity contribution is -0.0833. The van der Waals surface area contributed by atoms with Crippen molar-refractivity contribution in [2.45, 2.75) is 39.5 Å². The fraction of sp³-hybridized carbons (Fsp3) is 0.833. The number of hydrogen-bond donors (Lipinski definition) is 0. The molecular weight excluding hydrogens is 144 g/mol. The molecule has 3 aliphatic rings. The molecule has 0 radical (unpaired) electrons. The highest BCUT2D eigenvalue weighted by atomic mass is 14.6. The minimum absolute atomic E-state index is 1.03. The fourth-order valence-corrected chi connectivity index (χ4v) is 3.25. The van der Waals surface area contributed by atoms with Gasteiger partial charge >= 0.3 is 0 Å². The Morgan fingerprint density at radius 1 is 0.917 bits per heavy atom. The van der Waals surface area contributed by atoms with E-state index in [9.17, 15) is 0 Å². The van der Waals surface area contributed by atoms with Crippen LogP contribution in [-0.4, -0.2) is 0 Å². The van der Waals surface area contributed by atoms with Gasteiger partial charge in [-0.15, -0.1) is 0 Å². The Hall–Kier alpha value is -0.260. The van der Waals surface area contributed by atoms with Crippen LogP contribution in [0.4, 0.5) is 0 Å². The summed E-state index contributed by atoms with van der Waals surface area (Å²) in [5.41, 5.74) is 0. The van der Waals surface area contributed by atoms with Crippen molar-refractivity contribution in [3.8, 4) is 0 Å². The normalized spacial score (nSPS) is 47.2. The molecule has 12 heavy (non-hydrogen) atoms. The first kappa shape index (κ1) is 8.34. The maximum absolute atomic E-state index is 2.49. The fourth-order valence-electron chi connectivity index (χ4n) is 3.25. The molecule has 0 aliphatic heterocycles. The van der Waals surface area contributed by atoms with E-state index >= 15 is 0 Å². The van der Waals surface area contributed by atoms with Crippen molar-refractivity contribution in [2.24, 2.45) is 23.7 Å². The molecule has 2 fully saturated rings. The van der Waals surface area contributed by atoms with Crippen molar-refractivity contribution in [1.82, 2.24) is 0 Å². The topological polar surface area (TPSA) is 0 Å². The largest absolute Gasteiger partial charge is 0.0882 e. The van der Waals surface area contributed by atoms with Crippen LogP contribution < -0.4 is 0 Å². The highest BCUT2D eigenvalue weighted by Crippen LogP contribution is 2.61. The minimum Gasteiger partial charge on any atom is -0.0882 e. The zero-order valence-corrected chi connectivity index (χ0v) is 8.29. The minimum atomic E-state index is 1.03. The van der Waals surface area contributed by atoms with Crippen LogP contribution >= 0.6 is 0 Å². The molecule has 0 saturated heterocycles. The average molecular weight is 164 g/mol. The first-order valence-electron chi connectivity index (χ1n) is 5.63. The predicted octanol–water partition coefficient (Wildman–Crippen LogP) is 3.63. The zero-order chi connectivity index (χ0) is 8.55. The zero-order valence-electron chi connectivity index (χ0n) is 8.29. The Labute approximate surface area is 76.1 Å². The lowest BCUT2D eigenvalue weighted by atomic mass is 9.45. The third-order valence-electron chi connectivity index (χ3n) is 3.95. The van der Waals surface area contributed by atoms with Crippen molar-refractivity contribution in [1.29, 1.82) is 0 Å². The second-order valence-corrected chi connectivity index (χ2v) is 4.15. The van der Waals surface area contributed by atoms with Crippen LogP contribution in [0.15, 0.2) is 12.2 Å². The molecule has 0 aromatic heterocycles. The Bertz CT molecular complexity index is 180. The summed E-state index contributed by atoms with van der Waals surface area (Å²) in [6.07, 6.45) is 10.9. The molecule has 0 aromatic rings. The quantitative estimate of drug-likeness (QED) is 0.479. The SMILES string of the molecule is C1=CC2C3CCC3[C@H]2CC1.CC. The van der Waals surface area contributed by atoms with Crippen molar-refractivity contribution < 1.29 is 0 Å². The standard InChI is InChI=1S/C10H14.C2H6/c1-2-4-8-7(3-1)9-5-6-10(8)9;1-2/h1,3,7-10H,2,4-6H2;1-2H3/t7?,8-,9?,10?;/m0./s1. The van der Waals surface area contributed by atoms with Gasteiger partial charge in [-0.25, -0.2) is 0 Å². The third-order valence-corrected chi connectivity index (χ3v) is 3.95. The van der Waals surface area contributed by atoms with Gasteiger partial charge < -0.3 is 0 Å². The van der Waals surface area contributed by atoms with E-state index in [1.54, 1.807) is 6.42 Å². The first-order valence-corrected chi connectivity index (χ1v) is 5.63. The van der Waals surface area contributed by atoms with Crippen LogP contribution in [0.1, 0.15) is 39.5 Å². The molecule has 3 unspecified atom stereocenters. The summed E-state index contributed by atoms with van der Waals surface area (Å²) in [6, 6.07) is 0. The van der Waals surface area contributed by atoms with Crippen LogP contribution in [0.2, 0.25) is 0 Å². The second kappa shape index (κ2) is 3.24. The second-order valence-electron chi connectivity index (χ2n) is 4.15. The number of allylic oxidation sites excluding steroid dienone is 2. The summed E-state index contributed by atoms with van der Waals surface area (Å²) >= 11 is 0. The van der Waals surface area contributed by atoms with Gasteiger partial charge in [-0.1, -0.05) is 26.0 Å². The predicted molar refractivity (Wildman–Crippen MR) is 52.9 cm³/mol. The molecule has 0 heteroatoms. The summed E-state index contributed by atoms with van der Waals surface area (Å²) in [5, 5.41) is 0. The van der Waals surface area contributed by atoms with E-state index in [4.69, 9.17) is 0 Å². The highest BCUT2D eigenvalue weighted by molar-refractivity contribution is 5.13. The molecular formula is C12H20. The van der Waals surface area contributed by atoms with Gasteiger partial charge in [-0.2, -0.15) is 0 Å². The number of fused-ring (bicyclic) bond motifs is 4. The summed E-state index contributed by atoms with van der Waals surface area (Å²) in [7, 11) is 0. The van der Waals surface area contributed by atoms with Crippen LogP contribution in [0.3, 0.4) is 0 Å². The molecule has 3 rings (SSSR count). The van der Waals surface area contributed by atoms with Crippen molar-refractivity contribution in [3.63, 3.8) is 0 Å². The van der Waals surface area contributed by atoms with Crippen molar-refractivity contribution in [2.75, 3.05) is 0 Å². The van der Waals surface area contributed by atoms with Crippen molar-refractivity contribution >= 4 is 0 Å². The highest BCUT2D eigenvalue weighted by Gasteiger charge is 2.53. The van der Waals surface area contributed by atoms with Gasteiger partial charge in [-0.05, 0) is 49.4 Å². The Morgan fingerprint density at radius 3 is 2.17 bits per heavy atom. The van der Waals surface area contributed by atoms with E-state index in [-0.39, 0.29) is 0 Å². The van der Waals surface area contributed by atoms with Gasteiger partial charge in [0, 0.05) is 0 Å². The molecule has 0 heterocycles. The lowest BCUT2D eigenvalue weighted by Gasteiger charge is -2.60. The number of rotatable bonds is 0. The number of hydrogen-bond acceptors (Lipinski definition) is 0. The maximum Gasteiger partial charge on any atom is -0.0171 e. The monoisotopic (exact) mass is 164 g/mol. The molecule has 0 amide bonds. The summed E-state index contributed by atoms with van der Waals surface area (Å²) in [6.45, 7) is 4.00. The molecule has 0 N–H and O–H groups in total. The first-order chi connectivity index (χ1) is 5.97. The molecule has 4 atom stereocenters. The van der Waals surface area contributed by atoms with Crippen LogP contribution in [0.5, 0.6) is 0 Å². The molecule has 0 spiro atoms. The van der Waals surface area contributed by atoms with Crippen LogP contribution in [0, 0.1) is 23.7 Å². The molecule has 0 aromatic carbocycles. The summed E-state index contributed by atoms with van der Waals surface area (Å²) < 4.78 is 0. The third kappa shape index (κ3) is 0.967. The molecule has 0 bridgehead atoms. The Balaban J connectivity index is 0.000000264. The average Bonchev–Trinajstić information content (AvgIpc) is 2.10. The Kier molecular flexibility index (Phi) is 2.25. The van der Waals surface area contributed by atoms with E-state index in [0.29, 0.717) is 0 Å². The van der Waals surface area contributed by atoms with Crippen LogP contribution in [-0.2, 0) is 0 Å². The van der Waals surface area contributed by atoms with Crippen LogP contribution in [0.25, 0.3) is 0 Å². The van der Waals surface area contributed by atoms with E-state index in [0.717, 1.165) is 17.8 Å². The van der Waals surface area contributed by atoms with Gasteiger partial charge in [0.25, 0.3) is 0 Å². The molecule has 68 valence electrons. The van der Waals surface area contributed by atoms with Gasteiger partial charge in [-0.3, -0.25) is 0 Å². The molecule has 2 saturated carbocycles. The summed E-state index contributed by atoms with van der Waals surface area (Å²) in [5.74, 6) is 4.48. The lowest BCUT2D eigenvalue weighted by Crippen LogP contribution is -2.52. The van der Waals surface area contributed by atoms with Gasteiger partial charge in [0.15, 0.2) is 0 Å². The van der Waals surface area contributed by atoms with E-state index in [2.05, 4.69) is 12.2 Å². The van der Waals surface area contributed by atoms with Gasteiger partial charge in [0.05, 0.1) is 0 Å². The maximum atomic E-state index is 2.49. The molecule has 0 nitrogen and oxygen atoms in total. The van der Waals surface area contributed by atoms with E-state index in [1.807, 2.05) is 13.8 Å². The van der Waals surface area contributed by atoms with Crippen molar-refractivity contribution in [3.05, 3.63) is 12.2 Å². The summed E-state index contributed by atoms with van der Waals surface area (Å²) in [4.78, 5) is 0. The van der Waals surface area contributed by atoms with Gasteiger partial charge in [0.1, 0.15) is 0 Å². The van der Waals surface area contributed by atoms with E-state index in [1.165, 1.54) is 25.2 Å². The molecule has 3 aliphatic carbocycles. The van der Waals surface area contributed by atoms with Gasteiger partial charge in [0.2, 0.25) is 0 Å². The smallest absolute Gasteiger partial charge is 0.0171 e. The van der Waals surface area contributed by atoms with E-state index < -0.39 is 0 Å². The Morgan fingerprint density at radius 2 is 1.58 bits per heavy atom.